The maximum absolute atomic E-state index is 4.78. The molecule has 2 aliphatic rings. The van der Waals surface area contributed by atoms with Gasteiger partial charge < -0.3 is 0 Å². The molecule has 0 bridgehead atoms. The summed E-state index contributed by atoms with van der Waals surface area (Å²) in [5.74, 6) is 0. The molecule has 0 spiro atoms. The molecule has 0 amide bonds. The van der Waals surface area contributed by atoms with Crippen LogP contribution in [0, 0.1) is 0 Å². The van der Waals surface area contributed by atoms with Crippen molar-refractivity contribution in [2.24, 2.45) is 4.99 Å². The third-order valence-corrected chi connectivity index (χ3v) is 3.80. The van der Waals surface area contributed by atoms with Crippen LogP contribution < -0.4 is 0 Å². The molecule has 0 unspecified atom stereocenters. The van der Waals surface area contributed by atoms with E-state index in [1.54, 1.807) is 0 Å². The van der Waals surface area contributed by atoms with Crippen molar-refractivity contribution in [3.8, 4) is 0 Å². The number of rotatable bonds is 1. The van der Waals surface area contributed by atoms with Crippen LogP contribution >= 0.6 is 0 Å². The van der Waals surface area contributed by atoms with Crippen molar-refractivity contribution in [1.82, 2.24) is 0 Å². The monoisotopic (exact) mass is 231 g/mol. The van der Waals surface area contributed by atoms with E-state index in [9.17, 15) is 0 Å². The zero-order chi connectivity index (χ0) is 12.1. The molecule has 0 radical (unpaired) electrons. The summed E-state index contributed by atoms with van der Waals surface area (Å²) >= 11 is 0. The normalized spacial score (nSPS) is 14.7. The number of hydrogen-bond acceptors (Lipinski definition) is 1. The van der Waals surface area contributed by atoms with E-state index in [4.69, 9.17) is 4.99 Å². The van der Waals surface area contributed by atoms with Crippen molar-refractivity contribution in [3.05, 3.63) is 64.7 Å². The number of benzene rings is 2. The molecule has 0 aromatic heterocycles. The van der Waals surface area contributed by atoms with Crippen LogP contribution in [-0.4, -0.2) is 5.71 Å². The number of allylic oxidation sites excluding steroid dienone is 1. The fourth-order valence-corrected chi connectivity index (χ4v) is 2.90. The highest BCUT2D eigenvalue weighted by molar-refractivity contribution is 6.43. The number of aryl methyl sites for hydroxylation is 1. The Kier molecular flexibility index (Phi) is 1.87. The Bertz CT molecular complexity index is 720. The summed E-state index contributed by atoms with van der Waals surface area (Å²) in [5.41, 5.74) is 8.89. The molecule has 1 heteroatoms. The number of nitrogens with zero attached hydrogens (tertiary/aromatic N) is 1. The van der Waals surface area contributed by atoms with E-state index < -0.39 is 0 Å². The largest absolute Gasteiger partial charge is 0.247 e. The van der Waals surface area contributed by atoms with Crippen LogP contribution in [0.4, 0.5) is 5.69 Å². The molecule has 1 nitrogen and oxygen atoms in total. The third-order valence-electron chi connectivity index (χ3n) is 3.80. The van der Waals surface area contributed by atoms with Crippen molar-refractivity contribution < 1.29 is 0 Å². The van der Waals surface area contributed by atoms with Crippen LogP contribution in [0.5, 0.6) is 0 Å². The topological polar surface area (TPSA) is 12.4 Å². The molecule has 0 fully saturated rings. The van der Waals surface area contributed by atoms with E-state index in [2.05, 4.69) is 49.4 Å². The third kappa shape index (κ3) is 1.14. The minimum atomic E-state index is 1.07. The smallest absolute Gasteiger partial charge is 0.0794 e. The number of hydrogen-bond donors (Lipinski definition) is 0. The number of fused-ring (bicyclic) bond motifs is 5. The molecule has 18 heavy (non-hydrogen) atoms. The molecule has 0 saturated heterocycles. The predicted octanol–water partition coefficient (Wildman–Crippen LogP) is 4.24. The van der Waals surface area contributed by atoms with Gasteiger partial charge in [-0.05, 0) is 29.7 Å². The minimum Gasteiger partial charge on any atom is -0.247 e. The highest BCUT2D eigenvalue weighted by Crippen LogP contribution is 2.43. The number of aliphatic imine (C=N–C) groups is 1. The lowest BCUT2D eigenvalue weighted by molar-refractivity contribution is 1.13. The fourth-order valence-electron chi connectivity index (χ4n) is 2.90. The Labute approximate surface area is 107 Å². The Balaban J connectivity index is 1.99. The first-order valence-electron chi connectivity index (χ1n) is 6.41. The Morgan fingerprint density at radius 1 is 0.944 bits per heavy atom. The van der Waals surface area contributed by atoms with Crippen molar-refractivity contribution in [1.29, 1.82) is 0 Å². The second-order valence-electron chi connectivity index (χ2n) is 4.77. The zero-order valence-electron chi connectivity index (χ0n) is 10.3. The van der Waals surface area contributed by atoms with Crippen molar-refractivity contribution in [2.75, 3.05) is 0 Å². The lowest BCUT2D eigenvalue weighted by atomic mass is 10.0. The SMILES string of the molecule is CCc1cccc2c1C=C1C2=Nc2ccccc21. The first kappa shape index (κ1) is 9.84. The average Bonchev–Trinajstić information content (AvgIpc) is 2.94. The lowest BCUT2D eigenvalue weighted by Crippen LogP contribution is -1.96. The molecule has 1 aliphatic carbocycles. The van der Waals surface area contributed by atoms with E-state index in [-0.39, 0.29) is 0 Å². The molecule has 2 aromatic carbocycles. The lowest BCUT2D eigenvalue weighted by Gasteiger charge is -2.04. The summed E-state index contributed by atoms with van der Waals surface area (Å²) in [6.45, 7) is 2.21. The van der Waals surface area contributed by atoms with E-state index in [1.165, 1.54) is 27.8 Å². The summed E-state index contributed by atoms with van der Waals surface area (Å²) in [7, 11) is 0. The maximum Gasteiger partial charge on any atom is 0.0794 e. The molecule has 0 N–H and O–H groups in total. The van der Waals surface area contributed by atoms with E-state index in [0.717, 1.165) is 17.8 Å². The summed E-state index contributed by atoms with van der Waals surface area (Å²) in [5, 5.41) is 0. The van der Waals surface area contributed by atoms with Crippen LogP contribution in [0.2, 0.25) is 0 Å². The summed E-state index contributed by atoms with van der Waals surface area (Å²) in [4.78, 5) is 4.78. The summed E-state index contributed by atoms with van der Waals surface area (Å²) in [6.07, 6.45) is 3.38. The molecule has 1 heterocycles. The van der Waals surface area contributed by atoms with Gasteiger partial charge in [0.2, 0.25) is 0 Å². The summed E-state index contributed by atoms with van der Waals surface area (Å²) < 4.78 is 0. The highest BCUT2D eigenvalue weighted by Gasteiger charge is 2.28. The molecular formula is C17H13N. The predicted molar refractivity (Wildman–Crippen MR) is 76.3 cm³/mol. The quantitative estimate of drug-likeness (QED) is 0.696. The second kappa shape index (κ2) is 3.42. The van der Waals surface area contributed by atoms with Gasteiger partial charge in [0.1, 0.15) is 0 Å². The van der Waals surface area contributed by atoms with Gasteiger partial charge in [0.15, 0.2) is 0 Å². The van der Waals surface area contributed by atoms with Crippen molar-refractivity contribution >= 4 is 23.0 Å². The van der Waals surface area contributed by atoms with Crippen LogP contribution in [0.25, 0.3) is 11.6 Å². The highest BCUT2D eigenvalue weighted by atomic mass is 14.8. The second-order valence-corrected chi connectivity index (χ2v) is 4.77. The molecule has 86 valence electrons. The van der Waals surface area contributed by atoms with Crippen LogP contribution in [0.1, 0.15) is 29.2 Å². The van der Waals surface area contributed by atoms with Gasteiger partial charge in [0, 0.05) is 16.7 Å². The van der Waals surface area contributed by atoms with Gasteiger partial charge in [-0.25, -0.2) is 4.99 Å². The molecule has 4 rings (SSSR count). The first-order chi connectivity index (χ1) is 8.88. The van der Waals surface area contributed by atoms with Gasteiger partial charge in [-0.2, -0.15) is 0 Å². The Morgan fingerprint density at radius 2 is 1.78 bits per heavy atom. The standard InChI is InChI=1S/C17H13N/c1-2-11-6-5-8-13-14(11)10-15-12-7-3-4-9-16(12)18-17(13)15/h3-10H,2H2,1H3. The maximum atomic E-state index is 4.78. The molecular weight excluding hydrogens is 218 g/mol. The van der Waals surface area contributed by atoms with Gasteiger partial charge in [0.05, 0.1) is 11.4 Å². The van der Waals surface area contributed by atoms with E-state index >= 15 is 0 Å². The Hall–Kier alpha value is -2.15. The van der Waals surface area contributed by atoms with Crippen molar-refractivity contribution in [2.45, 2.75) is 13.3 Å². The van der Waals surface area contributed by atoms with Crippen LogP contribution in [0.3, 0.4) is 0 Å². The van der Waals surface area contributed by atoms with Gasteiger partial charge in [0.25, 0.3) is 0 Å². The average molecular weight is 231 g/mol. The molecule has 2 aromatic rings. The summed E-state index contributed by atoms with van der Waals surface area (Å²) in [6, 6.07) is 14.9. The van der Waals surface area contributed by atoms with Crippen LogP contribution in [0.15, 0.2) is 47.5 Å². The van der Waals surface area contributed by atoms with Gasteiger partial charge in [-0.1, -0.05) is 43.3 Å². The van der Waals surface area contributed by atoms with Crippen molar-refractivity contribution in [3.63, 3.8) is 0 Å². The van der Waals surface area contributed by atoms with Gasteiger partial charge >= 0.3 is 0 Å². The molecule has 1 aliphatic heterocycles. The van der Waals surface area contributed by atoms with Crippen LogP contribution in [-0.2, 0) is 6.42 Å². The van der Waals surface area contributed by atoms with Gasteiger partial charge in [-0.3, -0.25) is 0 Å². The number of para-hydroxylation sites is 1. The first-order valence-corrected chi connectivity index (χ1v) is 6.41. The van der Waals surface area contributed by atoms with E-state index in [1.807, 2.05) is 6.07 Å². The minimum absolute atomic E-state index is 1.07. The molecule has 0 saturated carbocycles. The van der Waals surface area contributed by atoms with Gasteiger partial charge in [-0.15, -0.1) is 0 Å². The Morgan fingerprint density at radius 3 is 2.67 bits per heavy atom. The fraction of sp³-hybridized carbons (Fsp3) is 0.118. The molecule has 0 atom stereocenters. The zero-order valence-corrected chi connectivity index (χ0v) is 10.3. The van der Waals surface area contributed by atoms with E-state index in [0.29, 0.717) is 0 Å².